The van der Waals surface area contributed by atoms with Crippen LogP contribution in [0.3, 0.4) is 0 Å². The number of benzene rings is 1. The number of piperidine rings is 1. The molecule has 0 spiro atoms. The van der Waals surface area contributed by atoms with Gasteiger partial charge in [-0.2, -0.15) is 4.31 Å². The lowest BCUT2D eigenvalue weighted by Crippen LogP contribution is -2.51. The highest BCUT2D eigenvalue weighted by molar-refractivity contribution is 7.89. The van der Waals surface area contributed by atoms with Gasteiger partial charge in [0.15, 0.2) is 0 Å². The molecule has 1 aromatic carbocycles. The Morgan fingerprint density at radius 3 is 2.23 bits per heavy atom. The summed E-state index contributed by atoms with van der Waals surface area (Å²) in [5.41, 5.74) is 0.887. The van der Waals surface area contributed by atoms with Gasteiger partial charge >= 0.3 is 11.9 Å². The molecule has 1 aliphatic rings. The smallest absolute Gasteiger partial charge is 0.322 e. The van der Waals surface area contributed by atoms with Crippen molar-refractivity contribution in [2.75, 3.05) is 6.54 Å². The van der Waals surface area contributed by atoms with Gasteiger partial charge in [0, 0.05) is 6.54 Å². The van der Waals surface area contributed by atoms with Crippen LogP contribution >= 0.6 is 0 Å². The molecule has 1 fully saturated rings. The lowest BCUT2D eigenvalue weighted by molar-refractivity contribution is -0.148. The Morgan fingerprint density at radius 1 is 1.14 bits per heavy atom. The Bertz CT molecular complexity index is 682. The average Bonchev–Trinajstić information content (AvgIpc) is 2.46. The van der Waals surface area contributed by atoms with E-state index in [1.165, 1.54) is 12.1 Å². The van der Waals surface area contributed by atoms with Gasteiger partial charge in [-0.3, -0.25) is 9.59 Å². The molecular formula is C14H17NO6S. The van der Waals surface area contributed by atoms with Crippen LogP contribution in [0.25, 0.3) is 0 Å². The van der Waals surface area contributed by atoms with Gasteiger partial charge in [-0.15, -0.1) is 0 Å². The quantitative estimate of drug-likeness (QED) is 0.851. The van der Waals surface area contributed by atoms with E-state index >= 15 is 0 Å². The second kappa shape index (κ2) is 6.05. The first-order valence-corrected chi connectivity index (χ1v) is 8.21. The molecule has 0 aliphatic carbocycles. The topological polar surface area (TPSA) is 112 Å². The first-order chi connectivity index (χ1) is 10.2. The highest BCUT2D eigenvalue weighted by Gasteiger charge is 2.42. The number of nitrogens with zero attached hydrogens (tertiary/aromatic N) is 1. The van der Waals surface area contributed by atoms with Gasteiger partial charge in [-0.25, -0.2) is 8.42 Å². The predicted molar refractivity (Wildman–Crippen MR) is 76.9 cm³/mol. The molecule has 0 radical (unpaired) electrons. The van der Waals surface area contributed by atoms with Crippen molar-refractivity contribution in [3.05, 3.63) is 29.8 Å². The van der Waals surface area contributed by atoms with Crippen LogP contribution in [-0.4, -0.2) is 47.5 Å². The van der Waals surface area contributed by atoms with Crippen molar-refractivity contribution < 1.29 is 28.2 Å². The zero-order valence-corrected chi connectivity index (χ0v) is 12.8. The van der Waals surface area contributed by atoms with Crippen LogP contribution in [0.5, 0.6) is 0 Å². The highest BCUT2D eigenvalue weighted by atomic mass is 32.2. The lowest BCUT2D eigenvalue weighted by atomic mass is 9.93. The zero-order valence-electron chi connectivity index (χ0n) is 12.0. The third kappa shape index (κ3) is 3.12. The summed E-state index contributed by atoms with van der Waals surface area (Å²) in [6.45, 7) is 1.69. The molecule has 0 aromatic heterocycles. The SMILES string of the molecule is Cc1ccc(S(=O)(=O)N2CC[C@@H](C(=O)O)C[C@@H]2C(=O)O)cc1. The maximum absolute atomic E-state index is 12.6. The second-order valence-corrected chi connectivity index (χ2v) is 7.23. The fraction of sp³-hybridized carbons (Fsp3) is 0.429. The number of carbonyl (C=O) groups is 2. The Kier molecular flexibility index (Phi) is 4.52. The van der Waals surface area contributed by atoms with Crippen LogP contribution < -0.4 is 0 Å². The number of hydrogen-bond acceptors (Lipinski definition) is 4. The minimum absolute atomic E-state index is 0.0122. The van der Waals surface area contributed by atoms with Gasteiger partial charge < -0.3 is 10.2 Å². The standard InChI is InChI=1S/C14H17NO6S/c1-9-2-4-11(5-3-9)22(20,21)15-7-6-10(13(16)17)8-12(15)14(18)19/h2-5,10,12H,6-8H2,1H3,(H,16,17)(H,18,19)/t10-,12-/m1/s1. The van der Waals surface area contributed by atoms with E-state index in [0.29, 0.717) is 0 Å². The summed E-state index contributed by atoms with van der Waals surface area (Å²) >= 11 is 0. The van der Waals surface area contributed by atoms with Crippen LogP contribution in [-0.2, 0) is 19.6 Å². The molecule has 0 amide bonds. The van der Waals surface area contributed by atoms with Gasteiger partial charge in [0.05, 0.1) is 10.8 Å². The molecule has 1 saturated heterocycles. The summed E-state index contributed by atoms with van der Waals surface area (Å²) in [7, 11) is -3.96. The molecule has 0 unspecified atom stereocenters. The minimum atomic E-state index is -3.96. The number of hydrogen-bond donors (Lipinski definition) is 2. The molecule has 1 aromatic rings. The summed E-state index contributed by atoms with van der Waals surface area (Å²) in [6.07, 6.45) is -0.125. The maximum Gasteiger partial charge on any atom is 0.322 e. The molecule has 2 rings (SSSR count). The van der Waals surface area contributed by atoms with Crippen molar-refractivity contribution in [3.8, 4) is 0 Å². The van der Waals surface area contributed by atoms with E-state index in [1.54, 1.807) is 12.1 Å². The summed E-state index contributed by atoms with van der Waals surface area (Å²) in [5.74, 6) is -3.27. The Labute approximate surface area is 128 Å². The van der Waals surface area contributed by atoms with E-state index in [0.717, 1.165) is 9.87 Å². The number of aryl methyl sites for hydroxylation is 1. The van der Waals surface area contributed by atoms with Crippen molar-refractivity contribution in [1.82, 2.24) is 4.31 Å². The molecule has 22 heavy (non-hydrogen) atoms. The van der Waals surface area contributed by atoms with Crippen molar-refractivity contribution in [2.24, 2.45) is 5.92 Å². The summed E-state index contributed by atoms with van der Waals surface area (Å²) in [5, 5.41) is 18.3. The largest absolute Gasteiger partial charge is 0.481 e. The Hall–Kier alpha value is -1.93. The van der Waals surface area contributed by atoms with Crippen molar-refractivity contribution in [2.45, 2.75) is 30.7 Å². The summed E-state index contributed by atoms with van der Waals surface area (Å²) in [6, 6.07) is 4.75. The third-order valence-electron chi connectivity index (χ3n) is 3.82. The molecule has 7 nitrogen and oxygen atoms in total. The Morgan fingerprint density at radius 2 is 1.73 bits per heavy atom. The lowest BCUT2D eigenvalue weighted by Gasteiger charge is -2.34. The molecule has 2 atom stereocenters. The first kappa shape index (κ1) is 16.4. The second-order valence-electron chi connectivity index (χ2n) is 5.34. The van der Waals surface area contributed by atoms with Gasteiger partial charge in [-0.05, 0) is 31.9 Å². The van der Waals surface area contributed by atoms with E-state index in [2.05, 4.69) is 0 Å². The molecule has 8 heteroatoms. The molecule has 2 N–H and O–H groups in total. The molecular weight excluding hydrogens is 310 g/mol. The summed E-state index contributed by atoms with van der Waals surface area (Å²) < 4.78 is 26.1. The van der Waals surface area contributed by atoms with Crippen molar-refractivity contribution in [1.29, 1.82) is 0 Å². The number of carboxylic acid groups (broad SMARTS) is 2. The minimum Gasteiger partial charge on any atom is -0.481 e. The fourth-order valence-electron chi connectivity index (χ4n) is 2.53. The van der Waals surface area contributed by atoms with Crippen LogP contribution in [0.4, 0.5) is 0 Å². The van der Waals surface area contributed by atoms with Gasteiger partial charge in [0.1, 0.15) is 6.04 Å². The van der Waals surface area contributed by atoms with E-state index in [1.807, 2.05) is 6.92 Å². The number of rotatable bonds is 4. The monoisotopic (exact) mass is 327 g/mol. The summed E-state index contributed by atoms with van der Waals surface area (Å²) in [4.78, 5) is 22.4. The Balaban J connectivity index is 2.35. The molecule has 0 bridgehead atoms. The predicted octanol–water partition coefficient (Wildman–Crippen LogP) is 0.934. The van der Waals surface area contributed by atoms with E-state index < -0.39 is 33.9 Å². The molecule has 0 saturated carbocycles. The molecule has 120 valence electrons. The van der Waals surface area contributed by atoms with E-state index in [4.69, 9.17) is 5.11 Å². The third-order valence-corrected chi connectivity index (χ3v) is 5.74. The first-order valence-electron chi connectivity index (χ1n) is 6.77. The van der Waals surface area contributed by atoms with Crippen LogP contribution in [0, 0.1) is 12.8 Å². The van der Waals surface area contributed by atoms with Gasteiger partial charge in [-0.1, -0.05) is 17.7 Å². The van der Waals surface area contributed by atoms with E-state index in [-0.39, 0.29) is 24.3 Å². The zero-order chi connectivity index (χ0) is 16.5. The maximum atomic E-state index is 12.6. The van der Waals surface area contributed by atoms with Gasteiger partial charge in [0.2, 0.25) is 10.0 Å². The van der Waals surface area contributed by atoms with Crippen LogP contribution in [0.2, 0.25) is 0 Å². The molecule has 1 aliphatic heterocycles. The van der Waals surface area contributed by atoms with Crippen molar-refractivity contribution in [3.63, 3.8) is 0 Å². The average molecular weight is 327 g/mol. The number of aliphatic carboxylic acids is 2. The van der Waals surface area contributed by atoms with E-state index in [9.17, 15) is 23.1 Å². The van der Waals surface area contributed by atoms with Gasteiger partial charge in [0.25, 0.3) is 0 Å². The van der Waals surface area contributed by atoms with Crippen LogP contribution in [0.1, 0.15) is 18.4 Å². The fourth-order valence-corrected chi connectivity index (χ4v) is 4.13. The van der Waals surface area contributed by atoms with Crippen LogP contribution in [0.15, 0.2) is 29.2 Å². The number of carboxylic acids is 2. The molecule has 1 heterocycles. The highest BCUT2D eigenvalue weighted by Crippen LogP contribution is 2.29. The number of sulfonamides is 1. The van der Waals surface area contributed by atoms with Crippen molar-refractivity contribution >= 4 is 22.0 Å². The normalized spacial score (nSPS) is 23.1.